The molecule has 0 saturated carbocycles. The molecule has 0 saturated heterocycles. The lowest BCUT2D eigenvalue weighted by Crippen LogP contribution is -2.00. The first-order valence-electron chi connectivity index (χ1n) is 5.57. The van der Waals surface area contributed by atoms with Crippen molar-refractivity contribution < 1.29 is 9.84 Å². The predicted octanol–water partition coefficient (Wildman–Crippen LogP) is 3.78. The molecule has 0 heterocycles. The fourth-order valence-electron chi connectivity index (χ4n) is 1.65. The zero-order valence-electron chi connectivity index (χ0n) is 9.98. The van der Waals surface area contributed by atoms with E-state index < -0.39 is 0 Å². The summed E-state index contributed by atoms with van der Waals surface area (Å²) in [7, 11) is 1.88. The molecular weight excluding hydrogens is 294 g/mol. The fraction of sp³-hybridized carbons (Fsp3) is 0.143. The van der Waals surface area contributed by atoms with E-state index in [-0.39, 0.29) is 5.75 Å². The van der Waals surface area contributed by atoms with Crippen molar-refractivity contribution >= 4 is 21.6 Å². The molecular formula is C14H14BrNO2. The minimum atomic E-state index is 0.213. The van der Waals surface area contributed by atoms with Gasteiger partial charge in [-0.05, 0) is 40.2 Å². The third-order valence-corrected chi connectivity index (χ3v) is 3.21. The Labute approximate surface area is 115 Å². The van der Waals surface area contributed by atoms with Gasteiger partial charge in [-0.1, -0.05) is 18.2 Å². The van der Waals surface area contributed by atoms with E-state index in [1.807, 2.05) is 31.3 Å². The van der Waals surface area contributed by atoms with Crippen LogP contribution in [0.2, 0.25) is 0 Å². The smallest absolute Gasteiger partial charge is 0.134 e. The number of ether oxygens (including phenoxy) is 1. The second-order valence-electron chi connectivity index (χ2n) is 3.81. The molecule has 2 N–H and O–H groups in total. The molecule has 94 valence electrons. The number of anilines is 1. The van der Waals surface area contributed by atoms with Crippen LogP contribution in [0.1, 0.15) is 5.56 Å². The van der Waals surface area contributed by atoms with Crippen LogP contribution in [0, 0.1) is 0 Å². The summed E-state index contributed by atoms with van der Waals surface area (Å²) < 4.78 is 6.46. The van der Waals surface area contributed by atoms with Crippen molar-refractivity contribution in [1.82, 2.24) is 0 Å². The van der Waals surface area contributed by atoms with E-state index >= 15 is 0 Å². The molecule has 2 rings (SSSR count). The molecule has 0 bridgehead atoms. The van der Waals surface area contributed by atoms with Gasteiger partial charge >= 0.3 is 0 Å². The summed E-state index contributed by atoms with van der Waals surface area (Å²) in [6.45, 7) is 0.473. The first-order chi connectivity index (χ1) is 8.70. The van der Waals surface area contributed by atoms with Gasteiger partial charge in [-0.2, -0.15) is 0 Å². The van der Waals surface area contributed by atoms with Gasteiger partial charge in [0, 0.05) is 18.3 Å². The van der Waals surface area contributed by atoms with Crippen molar-refractivity contribution in [1.29, 1.82) is 0 Å². The van der Waals surface area contributed by atoms with Crippen molar-refractivity contribution in [2.45, 2.75) is 6.61 Å². The molecule has 0 aliphatic heterocycles. The van der Waals surface area contributed by atoms with Crippen LogP contribution in [-0.4, -0.2) is 12.2 Å². The molecule has 0 aliphatic carbocycles. The first-order valence-corrected chi connectivity index (χ1v) is 6.37. The number of hydrogen-bond acceptors (Lipinski definition) is 3. The molecule has 0 aromatic heterocycles. The van der Waals surface area contributed by atoms with E-state index in [2.05, 4.69) is 21.2 Å². The van der Waals surface area contributed by atoms with E-state index in [0.29, 0.717) is 12.4 Å². The molecule has 2 aromatic carbocycles. The maximum atomic E-state index is 9.31. The molecule has 4 heteroatoms. The standard InChI is InChI=1S/C14H14BrNO2/c1-16-13-5-3-2-4-10(13)9-18-14-7-6-11(17)8-12(14)15/h2-8,16-17H,9H2,1H3. The van der Waals surface area contributed by atoms with Gasteiger partial charge in [0.2, 0.25) is 0 Å². The van der Waals surface area contributed by atoms with Crippen LogP contribution in [0.4, 0.5) is 5.69 Å². The lowest BCUT2D eigenvalue weighted by Gasteiger charge is -2.11. The highest BCUT2D eigenvalue weighted by molar-refractivity contribution is 9.10. The van der Waals surface area contributed by atoms with E-state index in [9.17, 15) is 5.11 Å². The lowest BCUT2D eigenvalue weighted by atomic mass is 10.2. The Bertz CT molecular complexity index is 543. The summed E-state index contributed by atoms with van der Waals surface area (Å²) in [6.07, 6.45) is 0. The second kappa shape index (κ2) is 5.78. The minimum absolute atomic E-state index is 0.213. The van der Waals surface area contributed by atoms with Gasteiger partial charge in [0.15, 0.2) is 0 Å². The third-order valence-electron chi connectivity index (χ3n) is 2.59. The van der Waals surface area contributed by atoms with Gasteiger partial charge in [0.05, 0.1) is 4.47 Å². The molecule has 0 atom stereocenters. The number of benzene rings is 2. The van der Waals surface area contributed by atoms with Crippen LogP contribution in [0.15, 0.2) is 46.9 Å². The summed E-state index contributed by atoms with van der Waals surface area (Å²) in [6, 6.07) is 12.9. The van der Waals surface area contributed by atoms with E-state index in [1.165, 1.54) is 0 Å². The Hall–Kier alpha value is -1.68. The average Bonchev–Trinajstić information content (AvgIpc) is 2.38. The van der Waals surface area contributed by atoms with Crippen molar-refractivity contribution in [3.05, 3.63) is 52.5 Å². The van der Waals surface area contributed by atoms with Crippen molar-refractivity contribution in [2.24, 2.45) is 0 Å². The quantitative estimate of drug-likeness (QED) is 0.903. The fourth-order valence-corrected chi connectivity index (χ4v) is 2.13. The Balaban J connectivity index is 2.11. The monoisotopic (exact) mass is 307 g/mol. The average molecular weight is 308 g/mol. The molecule has 0 aliphatic rings. The van der Waals surface area contributed by atoms with Crippen molar-refractivity contribution in [3.63, 3.8) is 0 Å². The molecule has 0 unspecified atom stereocenters. The van der Waals surface area contributed by atoms with Gasteiger partial charge in [-0.3, -0.25) is 0 Å². The second-order valence-corrected chi connectivity index (χ2v) is 4.66. The van der Waals surface area contributed by atoms with Crippen LogP contribution >= 0.6 is 15.9 Å². The number of hydrogen-bond donors (Lipinski definition) is 2. The van der Waals surface area contributed by atoms with E-state index in [1.54, 1.807) is 18.2 Å². The first kappa shape index (κ1) is 12.8. The summed E-state index contributed by atoms with van der Waals surface area (Å²) in [5.74, 6) is 0.920. The third kappa shape index (κ3) is 2.96. The molecule has 0 amide bonds. The lowest BCUT2D eigenvalue weighted by molar-refractivity contribution is 0.304. The molecule has 0 fully saturated rings. The maximum Gasteiger partial charge on any atom is 0.134 e. The Morgan fingerprint density at radius 3 is 2.72 bits per heavy atom. The van der Waals surface area contributed by atoms with Crippen LogP contribution in [0.25, 0.3) is 0 Å². The number of para-hydroxylation sites is 1. The molecule has 2 aromatic rings. The Kier molecular flexibility index (Phi) is 4.10. The Morgan fingerprint density at radius 2 is 2.00 bits per heavy atom. The largest absolute Gasteiger partial charge is 0.508 e. The predicted molar refractivity (Wildman–Crippen MR) is 76.1 cm³/mol. The SMILES string of the molecule is CNc1ccccc1COc1ccc(O)cc1Br. The van der Waals surface area contributed by atoms with E-state index in [0.717, 1.165) is 15.7 Å². The summed E-state index contributed by atoms with van der Waals surface area (Å²) >= 11 is 3.36. The molecule has 3 nitrogen and oxygen atoms in total. The number of phenols is 1. The highest BCUT2D eigenvalue weighted by Crippen LogP contribution is 2.29. The number of rotatable bonds is 4. The van der Waals surface area contributed by atoms with Crippen LogP contribution in [-0.2, 0) is 6.61 Å². The number of aromatic hydroxyl groups is 1. The maximum absolute atomic E-state index is 9.31. The number of phenolic OH excluding ortho intramolecular Hbond substituents is 1. The van der Waals surface area contributed by atoms with E-state index in [4.69, 9.17) is 4.74 Å². The molecule has 0 radical (unpaired) electrons. The molecule has 0 spiro atoms. The molecule has 18 heavy (non-hydrogen) atoms. The van der Waals surface area contributed by atoms with Crippen LogP contribution in [0.3, 0.4) is 0 Å². The minimum Gasteiger partial charge on any atom is -0.508 e. The van der Waals surface area contributed by atoms with Crippen LogP contribution in [0.5, 0.6) is 11.5 Å². The van der Waals surface area contributed by atoms with Crippen molar-refractivity contribution in [3.8, 4) is 11.5 Å². The zero-order chi connectivity index (χ0) is 13.0. The zero-order valence-corrected chi connectivity index (χ0v) is 11.6. The Morgan fingerprint density at radius 1 is 1.22 bits per heavy atom. The number of nitrogens with one attached hydrogen (secondary N) is 1. The highest BCUT2D eigenvalue weighted by atomic mass is 79.9. The van der Waals surface area contributed by atoms with Crippen molar-refractivity contribution in [2.75, 3.05) is 12.4 Å². The highest BCUT2D eigenvalue weighted by Gasteiger charge is 2.04. The normalized spacial score (nSPS) is 10.1. The van der Waals surface area contributed by atoms with Gasteiger partial charge in [-0.15, -0.1) is 0 Å². The number of halogens is 1. The van der Waals surface area contributed by atoms with Gasteiger partial charge in [0.25, 0.3) is 0 Å². The topological polar surface area (TPSA) is 41.5 Å². The summed E-state index contributed by atoms with van der Waals surface area (Å²) in [5, 5.41) is 12.4. The van der Waals surface area contributed by atoms with Crippen LogP contribution < -0.4 is 10.1 Å². The van der Waals surface area contributed by atoms with Gasteiger partial charge in [-0.25, -0.2) is 0 Å². The van der Waals surface area contributed by atoms with Gasteiger partial charge < -0.3 is 15.2 Å². The summed E-state index contributed by atoms with van der Waals surface area (Å²) in [5.41, 5.74) is 2.13. The van der Waals surface area contributed by atoms with Gasteiger partial charge in [0.1, 0.15) is 18.1 Å². The summed E-state index contributed by atoms with van der Waals surface area (Å²) in [4.78, 5) is 0.